The van der Waals surface area contributed by atoms with E-state index in [4.69, 9.17) is 0 Å². The Hall–Kier alpha value is -2.22. The summed E-state index contributed by atoms with van der Waals surface area (Å²) in [5, 5.41) is 0. The molecule has 0 unspecified atom stereocenters. The third kappa shape index (κ3) is 5.04. The first-order valence-electron chi connectivity index (χ1n) is 10.1. The number of benzene rings is 2. The van der Waals surface area contributed by atoms with Crippen LogP contribution in [0.3, 0.4) is 0 Å². The molecule has 1 aliphatic rings. The van der Waals surface area contributed by atoms with Crippen LogP contribution in [0.15, 0.2) is 59.5 Å². The normalized spacial score (nSPS) is 15.6. The SMILES string of the molecule is CCN(CC)S(=O)(=O)c1ccc(C(=O)N2CCN(Cc3ccccc3)CC2)cc1. The van der Waals surface area contributed by atoms with Crippen LogP contribution < -0.4 is 0 Å². The van der Waals surface area contributed by atoms with E-state index < -0.39 is 10.0 Å². The molecule has 0 spiro atoms. The zero-order chi connectivity index (χ0) is 20.9. The maximum Gasteiger partial charge on any atom is 0.253 e. The predicted molar refractivity (Wildman–Crippen MR) is 114 cm³/mol. The Kier molecular flexibility index (Phi) is 7.05. The van der Waals surface area contributed by atoms with Crippen molar-refractivity contribution < 1.29 is 13.2 Å². The quantitative estimate of drug-likeness (QED) is 0.698. The maximum absolute atomic E-state index is 12.8. The van der Waals surface area contributed by atoms with Gasteiger partial charge >= 0.3 is 0 Å². The number of carbonyl (C=O) groups is 1. The Labute approximate surface area is 173 Å². The second-order valence-electron chi connectivity index (χ2n) is 7.17. The highest BCUT2D eigenvalue weighted by Crippen LogP contribution is 2.18. The van der Waals surface area contributed by atoms with E-state index in [9.17, 15) is 13.2 Å². The Bertz CT molecular complexity index is 902. The Balaban J connectivity index is 1.60. The number of hydrogen-bond donors (Lipinski definition) is 0. The zero-order valence-electron chi connectivity index (χ0n) is 17.1. The summed E-state index contributed by atoms with van der Waals surface area (Å²) in [5.74, 6) is -0.0452. The predicted octanol–water partition coefficient (Wildman–Crippen LogP) is 2.68. The van der Waals surface area contributed by atoms with Gasteiger partial charge in [-0.05, 0) is 29.8 Å². The molecule has 1 aliphatic heterocycles. The second kappa shape index (κ2) is 9.52. The standard InChI is InChI=1S/C22H29N3O3S/c1-3-25(4-2)29(27,28)21-12-10-20(11-13-21)22(26)24-16-14-23(15-17-24)18-19-8-6-5-7-9-19/h5-13H,3-4,14-18H2,1-2H3. The van der Waals surface area contributed by atoms with E-state index in [1.807, 2.05) is 36.9 Å². The van der Waals surface area contributed by atoms with Crippen LogP contribution in [0.1, 0.15) is 29.8 Å². The summed E-state index contributed by atoms with van der Waals surface area (Å²) < 4.78 is 26.6. The minimum Gasteiger partial charge on any atom is -0.336 e. The van der Waals surface area contributed by atoms with Gasteiger partial charge in [0.25, 0.3) is 5.91 Å². The van der Waals surface area contributed by atoms with Gasteiger partial charge in [0.05, 0.1) is 4.90 Å². The number of piperazine rings is 1. The van der Waals surface area contributed by atoms with Gasteiger partial charge in [0, 0.05) is 51.4 Å². The molecule has 0 radical (unpaired) electrons. The molecule has 2 aromatic carbocycles. The van der Waals surface area contributed by atoms with Crippen molar-refractivity contribution in [1.82, 2.24) is 14.1 Å². The van der Waals surface area contributed by atoms with E-state index in [1.54, 1.807) is 12.1 Å². The van der Waals surface area contributed by atoms with Crippen molar-refractivity contribution in [1.29, 1.82) is 0 Å². The first-order chi connectivity index (χ1) is 14.0. The number of rotatable bonds is 7. The molecule has 0 saturated carbocycles. The molecule has 6 nitrogen and oxygen atoms in total. The summed E-state index contributed by atoms with van der Waals surface area (Å²) in [6.07, 6.45) is 0. The van der Waals surface area contributed by atoms with Crippen molar-refractivity contribution in [2.45, 2.75) is 25.3 Å². The fraction of sp³-hybridized carbons (Fsp3) is 0.409. The lowest BCUT2D eigenvalue weighted by molar-refractivity contribution is 0.0628. The van der Waals surface area contributed by atoms with Gasteiger partial charge in [-0.15, -0.1) is 0 Å². The van der Waals surface area contributed by atoms with E-state index in [-0.39, 0.29) is 10.8 Å². The first kappa shape index (κ1) is 21.5. The Morgan fingerprint density at radius 1 is 0.897 bits per heavy atom. The van der Waals surface area contributed by atoms with Crippen LogP contribution in [-0.4, -0.2) is 67.7 Å². The molecule has 0 atom stereocenters. The van der Waals surface area contributed by atoms with E-state index in [0.717, 1.165) is 19.6 Å². The average Bonchev–Trinajstić information content (AvgIpc) is 2.75. The summed E-state index contributed by atoms with van der Waals surface area (Å²) in [6, 6.07) is 16.6. The molecule has 0 N–H and O–H groups in total. The van der Waals surface area contributed by atoms with Crippen LogP contribution in [0, 0.1) is 0 Å². The molecule has 0 aromatic heterocycles. The molecule has 3 rings (SSSR count). The molecule has 1 heterocycles. The van der Waals surface area contributed by atoms with Crippen LogP contribution >= 0.6 is 0 Å². The highest BCUT2D eigenvalue weighted by molar-refractivity contribution is 7.89. The number of hydrogen-bond acceptors (Lipinski definition) is 4. The molecular formula is C22H29N3O3S. The fourth-order valence-corrected chi connectivity index (χ4v) is 5.07. The molecule has 2 aromatic rings. The zero-order valence-corrected chi connectivity index (χ0v) is 17.9. The third-order valence-corrected chi connectivity index (χ3v) is 7.42. The van der Waals surface area contributed by atoms with Gasteiger partial charge in [-0.25, -0.2) is 8.42 Å². The summed E-state index contributed by atoms with van der Waals surface area (Å²) in [7, 11) is -3.50. The van der Waals surface area contributed by atoms with E-state index in [0.29, 0.717) is 31.7 Å². The van der Waals surface area contributed by atoms with Crippen molar-refractivity contribution in [3.05, 3.63) is 65.7 Å². The smallest absolute Gasteiger partial charge is 0.253 e. The lowest BCUT2D eigenvalue weighted by atomic mass is 10.1. The van der Waals surface area contributed by atoms with Crippen LogP contribution in [0.4, 0.5) is 0 Å². The van der Waals surface area contributed by atoms with Crippen LogP contribution in [-0.2, 0) is 16.6 Å². The molecule has 0 aliphatic carbocycles. The van der Waals surface area contributed by atoms with Crippen molar-refractivity contribution in [2.75, 3.05) is 39.3 Å². The summed E-state index contributed by atoms with van der Waals surface area (Å²) in [5.41, 5.74) is 1.80. The largest absolute Gasteiger partial charge is 0.336 e. The Morgan fingerprint density at radius 2 is 1.48 bits per heavy atom. The molecule has 0 bridgehead atoms. The summed E-state index contributed by atoms with van der Waals surface area (Å²) in [4.78, 5) is 17.2. The van der Waals surface area contributed by atoms with Gasteiger partial charge in [0.1, 0.15) is 0 Å². The van der Waals surface area contributed by atoms with E-state index in [2.05, 4.69) is 17.0 Å². The molecular weight excluding hydrogens is 386 g/mol. The maximum atomic E-state index is 12.8. The van der Waals surface area contributed by atoms with Crippen LogP contribution in [0.25, 0.3) is 0 Å². The lowest BCUT2D eigenvalue weighted by Gasteiger charge is -2.34. The first-order valence-corrected chi connectivity index (χ1v) is 11.6. The third-order valence-electron chi connectivity index (χ3n) is 5.35. The minimum absolute atomic E-state index is 0.0452. The van der Waals surface area contributed by atoms with Crippen molar-refractivity contribution in [2.24, 2.45) is 0 Å². The van der Waals surface area contributed by atoms with Gasteiger partial charge in [-0.1, -0.05) is 44.2 Å². The number of amides is 1. The Morgan fingerprint density at radius 3 is 2.03 bits per heavy atom. The summed E-state index contributed by atoms with van der Waals surface area (Å²) in [6.45, 7) is 8.37. The van der Waals surface area contributed by atoms with Crippen molar-refractivity contribution in [3.8, 4) is 0 Å². The summed E-state index contributed by atoms with van der Waals surface area (Å²) >= 11 is 0. The molecule has 1 fully saturated rings. The monoisotopic (exact) mass is 415 g/mol. The minimum atomic E-state index is -3.50. The molecule has 1 saturated heterocycles. The van der Waals surface area contributed by atoms with Gasteiger partial charge in [0.2, 0.25) is 10.0 Å². The molecule has 29 heavy (non-hydrogen) atoms. The molecule has 156 valence electrons. The number of carbonyl (C=O) groups excluding carboxylic acids is 1. The second-order valence-corrected chi connectivity index (χ2v) is 9.11. The fourth-order valence-electron chi connectivity index (χ4n) is 3.62. The molecule has 1 amide bonds. The highest BCUT2D eigenvalue weighted by Gasteiger charge is 2.24. The molecule has 7 heteroatoms. The number of sulfonamides is 1. The van der Waals surface area contributed by atoms with Gasteiger partial charge in [-0.2, -0.15) is 4.31 Å². The topological polar surface area (TPSA) is 60.9 Å². The van der Waals surface area contributed by atoms with Gasteiger partial charge in [-0.3, -0.25) is 9.69 Å². The van der Waals surface area contributed by atoms with Crippen molar-refractivity contribution >= 4 is 15.9 Å². The highest BCUT2D eigenvalue weighted by atomic mass is 32.2. The van der Waals surface area contributed by atoms with E-state index >= 15 is 0 Å². The van der Waals surface area contributed by atoms with Crippen LogP contribution in [0.2, 0.25) is 0 Å². The van der Waals surface area contributed by atoms with Crippen molar-refractivity contribution in [3.63, 3.8) is 0 Å². The van der Waals surface area contributed by atoms with Gasteiger partial charge < -0.3 is 4.90 Å². The average molecular weight is 416 g/mol. The van der Waals surface area contributed by atoms with Gasteiger partial charge in [0.15, 0.2) is 0 Å². The van der Waals surface area contributed by atoms with E-state index in [1.165, 1.54) is 22.0 Å². The lowest BCUT2D eigenvalue weighted by Crippen LogP contribution is -2.48. The van der Waals surface area contributed by atoms with Crippen LogP contribution in [0.5, 0.6) is 0 Å². The number of nitrogens with zero attached hydrogens (tertiary/aromatic N) is 3.